The first-order chi connectivity index (χ1) is 8.25. The Bertz CT molecular complexity index is 396. The van der Waals surface area contributed by atoms with Crippen molar-refractivity contribution in [3.05, 3.63) is 29.3 Å². The smallest absolute Gasteiger partial charge is 0.123 e. The van der Waals surface area contributed by atoms with Gasteiger partial charge in [0.25, 0.3) is 0 Å². The van der Waals surface area contributed by atoms with E-state index >= 15 is 0 Å². The molecular weight excluding hydrogens is 246 g/mol. The van der Waals surface area contributed by atoms with Crippen LogP contribution in [0.5, 0.6) is 5.75 Å². The molecule has 0 saturated carbocycles. The lowest BCUT2D eigenvalue weighted by Gasteiger charge is -2.23. The minimum Gasteiger partial charge on any atom is -0.496 e. The molecule has 3 heteroatoms. The van der Waals surface area contributed by atoms with Crippen LogP contribution in [0.4, 0.5) is 0 Å². The van der Waals surface area contributed by atoms with E-state index in [4.69, 9.17) is 16.3 Å². The highest BCUT2D eigenvalue weighted by Gasteiger charge is 2.19. The molecule has 0 aromatic heterocycles. The van der Waals surface area contributed by atoms with Crippen molar-refractivity contribution in [1.29, 1.82) is 0 Å². The van der Waals surface area contributed by atoms with E-state index in [1.165, 1.54) is 5.56 Å². The molecule has 0 spiro atoms. The minimum absolute atomic E-state index is 0.0581. The molecule has 0 heterocycles. The van der Waals surface area contributed by atoms with Gasteiger partial charge in [-0.1, -0.05) is 32.9 Å². The summed E-state index contributed by atoms with van der Waals surface area (Å²) in [5.74, 6) is 0.866. The molecule has 0 amide bonds. The lowest BCUT2D eigenvalue weighted by molar-refractivity contribution is 0.387. The Morgan fingerprint density at radius 2 is 1.89 bits per heavy atom. The summed E-state index contributed by atoms with van der Waals surface area (Å²) < 4.78 is 5.41. The molecule has 2 nitrogen and oxygen atoms in total. The summed E-state index contributed by atoms with van der Waals surface area (Å²) in [5.41, 5.74) is 2.47. The van der Waals surface area contributed by atoms with Crippen LogP contribution in [0, 0.1) is 0 Å². The van der Waals surface area contributed by atoms with Gasteiger partial charge in [0.15, 0.2) is 0 Å². The van der Waals surface area contributed by atoms with Crippen LogP contribution in [-0.4, -0.2) is 32.6 Å². The number of hydrogen-bond acceptors (Lipinski definition) is 2. The van der Waals surface area contributed by atoms with Crippen molar-refractivity contribution in [1.82, 2.24) is 4.90 Å². The van der Waals surface area contributed by atoms with Gasteiger partial charge in [-0.2, -0.15) is 0 Å². The average molecular weight is 270 g/mol. The molecule has 0 aliphatic carbocycles. The number of benzene rings is 1. The van der Waals surface area contributed by atoms with Gasteiger partial charge in [-0.3, -0.25) is 0 Å². The molecule has 0 bridgehead atoms. The van der Waals surface area contributed by atoms with Crippen molar-refractivity contribution in [3.8, 4) is 5.75 Å². The fourth-order valence-electron chi connectivity index (χ4n) is 1.86. The van der Waals surface area contributed by atoms with Gasteiger partial charge in [0, 0.05) is 12.1 Å². The van der Waals surface area contributed by atoms with Gasteiger partial charge >= 0.3 is 0 Å². The van der Waals surface area contributed by atoms with E-state index in [9.17, 15) is 0 Å². The zero-order valence-electron chi connectivity index (χ0n) is 12.2. The third kappa shape index (κ3) is 3.89. The summed E-state index contributed by atoms with van der Waals surface area (Å²) in [6, 6.07) is 6.29. The summed E-state index contributed by atoms with van der Waals surface area (Å²) >= 11 is 6.49. The van der Waals surface area contributed by atoms with Gasteiger partial charge < -0.3 is 9.64 Å². The van der Waals surface area contributed by atoms with Crippen molar-refractivity contribution in [2.75, 3.05) is 27.7 Å². The Labute approximate surface area is 116 Å². The Morgan fingerprint density at radius 3 is 2.33 bits per heavy atom. The number of hydrogen-bond donors (Lipinski definition) is 0. The molecule has 1 unspecified atom stereocenters. The second kappa shape index (κ2) is 5.94. The summed E-state index contributed by atoms with van der Waals surface area (Å²) in [6.45, 7) is 7.40. The molecule has 102 valence electrons. The first kappa shape index (κ1) is 15.3. The molecule has 1 atom stereocenters. The van der Waals surface area contributed by atoms with Crippen LogP contribution in [0.25, 0.3) is 0 Å². The predicted molar refractivity (Wildman–Crippen MR) is 78.8 cm³/mol. The molecular formula is C15H24ClNO. The van der Waals surface area contributed by atoms with Crippen molar-refractivity contribution in [2.45, 2.75) is 31.6 Å². The van der Waals surface area contributed by atoms with E-state index in [1.807, 2.05) is 20.2 Å². The van der Waals surface area contributed by atoms with Gasteiger partial charge in [-0.05, 0) is 31.1 Å². The summed E-state index contributed by atoms with van der Waals surface area (Å²) in [7, 11) is 5.74. The van der Waals surface area contributed by atoms with Crippen LogP contribution in [0.15, 0.2) is 18.2 Å². The van der Waals surface area contributed by atoms with Crippen molar-refractivity contribution in [3.63, 3.8) is 0 Å². The second-order valence-corrected chi connectivity index (χ2v) is 6.46. The predicted octanol–water partition coefficient (Wildman–Crippen LogP) is 3.83. The number of methoxy groups -OCH3 is 1. The molecule has 0 fully saturated rings. The molecule has 0 aliphatic heterocycles. The third-order valence-corrected chi connectivity index (χ3v) is 3.33. The molecule has 1 aromatic carbocycles. The number of halogens is 1. The zero-order valence-corrected chi connectivity index (χ0v) is 13.0. The van der Waals surface area contributed by atoms with E-state index in [1.54, 1.807) is 7.11 Å². The highest BCUT2D eigenvalue weighted by atomic mass is 35.5. The fourth-order valence-corrected chi connectivity index (χ4v) is 2.31. The number of ether oxygens (including phenoxy) is 1. The minimum atomic E-state index is -0.0581. The van der Waals surface area contributed by atoms with Crippen LogP contribution in [0.1, 0.15) is 37.3 Å². The van der Waals surface area contributed by atoms with Crippen LogP contribution in [0.3, 0.4) is 0 Å². The topological polar surface area (TPSA) is 12.5 Å². The van der Waals surface area contributed by atoms with Gasteiger partial charge in [0.2, 0.25) is 0 Å². The van der Waals surface area contributed by atoms with Crippen molar-refractivity contribution in [2.24, 2.45) is 0 Å². The van der Waals surface area contributed by atoms with E-state index in [0.717, 1.165) is 17.9 Å². The van der Waals surface area contributed by atoms with E-state index in [2.05, 4.69) is 37.8 Å². The van der Waals surface area contributed by atoms with E-state index in [-0.39, 0.29) is 10.8 Å². The fraction of sp³-hybridized carbons (Fsp3) is 0.600. The zero-order chi connectivity index (χ0) is 13.9. The number of alkyl halides is 1. The van der Waals surface area contributed by atoms with E-state index in [0.29, 0.717) is 0 Å². The number of rotatable bonds is 4. The normalized spacial score (nSPS) is 13.8. The largest absolute Gasteiger partial charge is 0.496 e. The lowest BCUT2D eigenvalue weighted by Crippen LogP contribution is -2.18. The summed E-state index contributed by atoms with van der Waals surface area (Å²) in [6.07, 6.45) is 0. The Hall–Kier alpha value is -0.730. The maximum Gasteiger partial charge on any atom is 0.123 e. The molecule has 1 aromatic rings. The average Bonchev–Trinajstić information content (AvgIpc) is 2.26. The molecule has 0 radical (unpaired) electrons. The highest BCUT2D eigenvalue weighted by Crippen LogP contribution is 2.34. The Kier molecular flexibility index (Phi) is 5.06. The van der Waals surface area contributed by atoms with Crippen LogP contribution >= 0.6 is 11.6 Å². The molecule has 1 rings (SSSR count). The molecule has 0 saturated heterocycles. The maximum absolute atomic E-state index is 6.49. The molecule has 0 aliphatic rings. The Morgan fingerprint density at radius 1 is 1.28 bits per heavy atom. The standard InChI is InChI=1S/C15H24ClNO/c1-15(2,3)11-7-8-14(18-6)12(9-11)13(16)10-17(4)5/h7-9,13H,10H2,1-6H3. The second-order valence-electron chi connectivity index (χ2n) is 5.94. The first-order valence-electron chi connectivity index (χ1n) is 6.23. The van der Waals surface area contributed by atoms with Gasteiger partial charge in [0.1, 0.15) is 5.75 Å². The maximum atomic E-state index is 6.49. The highest BCUT2D eigenvalue weighted by molar-refractivity contribution is 6.21. The quantitative estimate of drug-likeness (QED) is 0.770. The first-order valence-corrected chi connectivity index (χ1v) is 6.66. The SMILES string of the molecule is COc1ccc(C(C)(C)C)cc1C(Cl)CN(C)C. The number of likely N-dealkylation sites (N-methyl/N-ethyl adjacent to an activating group) is 1. The lowest BCUT2D eigenvalue weighted by atomic mass is 9.85. The van der Waals surface area contributed by atoms with Gasteiger partial charge in [-0.25, -0.2) is 0 Å². The third-order valence-electron chi connectivity index (χ3n) is 2.96. The van der Waals surface area contributed by atoms with Crippen LogP contribution < -0.4 is 4.74 Å². The van der Waals surface area contributed by atoms with Gasteiger partial charge in [-0.15, -0.1) is 11.6 Å². The van der Waals surface area contributed by atoms with Crippen molar-refractivity contribution < 1.29 is 4.74 Å². The van der Waals surface area contributed by atoms with Gasteiger partial charge in [0.05, 0.1) is 12.5 Å². The Balaban J connectivity index is 3.14. The summed E-state index contributed by atoms with van der Waals surface area (Å²) in [4.78, 5) is 2.08. The molecule has 18 heavy (non-hydrogen) atoms. The molecule has 0 N–H and O–H groups in total. The van der Waals surface area contributed by atoms with E-state index < -0.39 is 0 Å². The van der Waals surface area contributed by atoms with Crippen LogP contribution in [-0.2, 0) is 5.41 Å². The monoisotopic (exact) mass is 269 g/mol. The van der Waals surface area contributed by atoms with Crippen molar-refractivity contribution >= 4 is 11.6 Å². The van der Waals surface area contributed by atoms with Crippen LogP contribution in [0.2, 0.25) is 0 Å². The number of nitrogens with zero attached hydrogens (tertiary/aromatic N) is 1. The summed E-state index contributed by atoms with van der Waals surface area (Å²) in [5, 5.41) is -0.0581.